The lowest BCUT2D eigenvalue weighted by Gasteiger charge is -2.65. The molecule has 0 amide bonds. The van der Waals surface area contributed by atoms with Crippen LogP contribution in [0.2, 0.25) is 0 Å². The molecule has 0 radical (unpaired) electrons. The van der Waals surface area contributed by atoms with Crippen LogP contribution in [0.15, 0.2) is 33.2 Å². The lowest BCUT2D eigenvalue weighted by atomic mass is 9.41. The third-order valence-corrected chi connectivity index (χ3v) is 9.95. The number of aliphatic hydroxyl groups excluding tert-OH is 1. The van der Waals surface area contributed by atoms with Crippen LogP contribution in [-0.2, 0) is 0 Å². The summed E-state index contributed by atoms with van der Waals surface area (Å²) in [7, 11) is 0. The summed E-state index contributed by atoms with van der Waals surface area (Å²) in [6.45, 7) is 4.54. The summed E-state index contributed by atoms with van der Waals surface area (Å²) in [5.41, 5.74) is 12.1. The number of guanidine groups is 1. The highest BCUT2D eigenvalue weighted by atomic mass is 16.3. The van der Waals surface area contributed by atoms with Crippen LogP contribution in [0.4, 0.5) is 0 Å². The maximum Gasteiger partial charge on any atom is 0.211 e. The standard InChI is InChI=1S/C24H36N4O3/c1-22-7-3-16(27-28-21(25)26)11-15(22)12-17(14-6-10-31-13-14)20-18(22)4-8-23(2)19(29)5-9-24(20,23)30/h6,10,13,15,17-20,29-30H,3-5,7-9,11-12H2,1-2H3,(H4,25,26,28)/t15?,17?,18-,19?,20-,22+,23-,24-/m1/s1. The average molecular weight is 429 g/mol. The maximum absolute atomic E-state index is 12.2. The molecule has 31 heavy (non-hydrogen) atoms. The molecule has 1 aromatic heterocycles. The number of fused-ring (bicyclic) bond motifs is 5. The van der Waals surface area contributed by atoms with Gasteiger partial charge >= 0.3 is 0 Å². The average Bonchev–Trinajstić information content (AvgIpc) is 3.34. The monoisotopic (exact) mass is 428 g/mol. The molecule has 6 N–H and O–H groups in total. The van der Waals surface area contributed by atoms with Gasteiger partial charge in [-0.25, -0.2) is 0 Å². The van der Waals surface area contributed by atoms with E-state index in [2.05, 4.69) is 30.1 Å². The largest absolute Gasteiger partial charge is 0.472 e. The van der Waals surface area contributed by atoms with Crippen molar-refractivity contribution in [3.63, 3.8) is 0 Å². The molecule has 170 valence electrons. The van der Waals surface area contributed by atoms with E-state index in [4.69, 9.17) is 15.9 Å². The Labute approximate surface area is 184 Å². The van der Waals surface area contributed by atoms with E-state index in [1.54, 1.807) is 6.26 Å². The number of nitrogens with two attached hydrogens (primary N) is 2. The van der Waals surface area contributed by atoms with E-state index in [0.29, 0.717) is 24.7 Å². The molecular formula is C24H36N4O3. The van der Waals surface area contributed by atoms with E-state index in [-0.39, 0.29) is 23.2 Å². The van der Waals surface area contributed by atoms with Crippen molar-refractivity contribution >= 4 is 11.7 Å². The minimum absolute atomic E-state index is 0.00519. The van der Waals surface area contributed by atoms with Crippen molar-refractivity contribution in [2.75, 3.05) is 0 Å². The van der Waals surface area contributed by atoms with Gasteiger partial charge in [-0.2, -0.15) is 5.10 Å². The molecule has 1 aromatic rings. The number of rotatable bonds is 2. The number of hydrogen-bond donors (Lipinski definition) is 4. The van der Waals surface area contributed by atoms with Crippen molar-refractivity contribution in [2.24, 2.45) is 50.3 Å². The van der Waals surface area contributed by atoms with Gasteiger partial charge in [0.2, 0.25) is 5.96 Å². The van der Waals surface area contributed by atoms with Crippen LogP contribution in [0.5, 0.6) is 0 Å². The van der Waals surface area contributed by atoms with E-state index >= 15 is 0 Å². The van der Waals surface area contributed by atoms with E-state index in [1.165, 1.54) is 5.56 Å². The van der Waals surface area contributed by atoms with E-state index < -0.39 is 17.1 Å². The maximum atomic E-state index is 12.2. The minimum Gasteiger partial charge on any atom is -0.472 e. The molecule has 7 nitrogen and oxygen atoms in total. The highest BCUT2D eigenvalue weighted by Crippen LogP contribution is 2.70. The van der Waals surface area contributed by atoms with Gasteiger partial charge < -0.3 is 26.1 Å². The molecule has 0 spiro atoms. The first kappa shape index (κ1) is 21.0. The predicted molar refractivity (Wildman–Crippen MR) is 119 cm³/mol. The third kappa shape index (κ3) is 2.92. The third-order valence-electron chi connectivity index (χ3n) is 9.95. The Morgan fingerprint density at radius 1 is 1.19 bits per heavy atom. The fourth-order valence-electron chi connectivity index (χ4n) is 8.08. The molecule has 5 rings (SSSR count). The van der Waals surface area contributed by atoms with Crippen LogP contribution in [0.25, 0.3) is 0 Å². The van der Waals surface area contributed by atoms with Crippen LogP contribution in [0, 0.1) is 28.6 Å². The number of furan rings is 1. The summed E-state index contributed by atoms with van der Waals surface area (Å²) in [5, 5.41) is 31.4. The molecule has 8 atom stereocenters. The number of aliphatic hydroxyl groups is 2. The summed E-state index contributed by atoms with van der Waals surface area (Å²) in [5.74, 6) is 1.18. The molecule has 4 saturated carbocycles. The zero-order chi connectivity index (χ0) is 22.0. The molecule has 4 aliphatic carbocycles. The lowest BCUT2D eigenvalue weighted by molar-refractivity contribution is -0.216. The van der Waals surface area contributed by atoms with Crippen LogP contribution < -0.4 is 11.5 Å². The second kappa shape index (κ2) is 7.07. The molecular weight excluding hydrogens is 392 g/mol. The first-order chi connectivity index (χ1) is 14.7. The summed E-state index contributed by atoms with van der Waals surface area (Å²) < 4.78 is 5.48. The second-order valence-electron chi connectivity index (χ2n) is 11.1. The smallest absolute Gasteiger partial charge is 0.211 e. The Kier molecular flexibility index (Phi) is 4.79. The van der Waals surface area contributed by atoms with Crippen molar-refractivity contribution in [3.05, 3.63) is 24.2 Å². The van der Waals surface area contributed by atoms with Gasteiger partial charge in [-0.1, -0.05) is 13.8 Å². The second-order valence-corrected chi connectivity index (χ2v) is 11.1. The fraction of sp³-hybridized carbons (Fsp3) is 0.750. The first-order valence-corrected chi connectivity index (χ1v) is 11.8. The van der Waals surface area contributed by atoms with E-state index in [9.17, 15) is 10.2 Å². The topological polar surface area (TPSA) is 130 Å². The Hall–Kier alpha value is -1.86. The first-order valence-electron chi connectivity index (χ1n) is 11.8. The predicted octanol–water partition coefficient (Wildman–Crippen LogP) is 3.12. The van der Waals surface area contributed by atoms with E-state index in [1.807, 2.05) is 6.26 Å². The van der Waals surface area contributed by atoms with Gasteiger partial charge in [-0.15, -0.1) is 5.10 Å². The SMILES string of the molecule is C[C@]12CCC(=NN=C(N)N)CC1CC(c1ccoc1)[C@@H]1[C@H]2CC[C@]2(C)C(O)CC[C@@]12O. The Morgan fingerprint density at radius 2 is 2.00 bits per heavy atom. The van der Waals surface area contributed by atoms with Crippen LogP contribution in [-0.4, -0.2) is 33.6 Å². The molecule has 0 aromatic carbocycles. The van der Waals surface area contributed by atoms with Gasteiger partial charge in [0.05, 0.1) is 24.2 Å². The Morgan fingerprint density at radius 3 is 2.71 bits per heavy atom. The quantitative estimate of drug-likeness (QED) is 0.327. The van der Waals surface area contributed by atoms with Gasteiger partial charge in [0.1, 0.15) is 0 Å². The van der Waals surface area contributed by atoms with Crippen LogP contribution in [0.3, 0.4) is 0 Å². The van der Waals surface area contributed by atoms with Crippen molar-refractivity contribution in [3.8, 4) is 0 Å². The van der Waals surface area contributed by atoms with Gasteiger partial charge in [0.25, 0.3) is 0 Å². The molecule has 4 aliphatic rings. The van der Waals surface area contributed by atoms with Gasteiger partial charge in [0.15, 0.2) is 0 Å². The van der Waals surface area contributed by atoms with Crippen molar-refractivity contribution in [1.29, 1.82) is 0 Å². The summed E-state index contributed by atoms with van der Waals surface area (Å²) in [4.78, 5) is 0. The van der Waals surface area contributed by atoms with Crippen molar-refractivity contribution in [2.45, 2.75) is 82.8 Å². The van der Waals surface area contributed by atoms with Crippen molar-refractivity contribution in [1.82, 2.24) is 0 Å². The lowest BCUT2D eigenvalue weighted by Crippen LogP contribution is -2.64. The van der Waals surface area contributed by atoms with E-state index in [0.717, 1.165) is 44.2 Å². The Balaban J connectivity index is 1.56. The zero-order valence-corrected chi connectivity index (χ0v) is 18.6. The summed E-state index contributed by atoms with van der Waals surface area (Å²) in [6, 6.07) is 2.06. The summed E-state index contributed by atoms with van der Waals surface area (Å²) >= 11 is 0. The highest BCUT2D eigenvalue weighted by molar-refractivity contribution is 5.86. The number of nitrogens with zero attached hydrogens (tertiary/aromatic N) is 2. The van der Waals surface area contributed by atoms with Crippen molar-refractivity contribution < 1.29 is 14.6 Å². The summed E-state index contributed by atoms with van der Waals surface area (Å²) in [6.07, 6.45) is 10.2. The number of hydrogen-bond acceptors (Lipinski definition) is 5. The van der Waals surface area contributed by atoms with Gasteiger partial charge in [0, 0.05) is 11.1 Å². The zero-order valence-electron chi connectivity index (χ0n) is 18.6. The Bertz CT molecular complexity index is 895. The normalized spacial score (nSPS) is 48.0. The van der Waals surface area contributed by atoms with Gasteiger partial charge in [-0.3, -0.25) is 0 Å². The molecule has 0 bridgehead atoms. The molecule has 7 heteroatoms. The van der Waals surface area contributed by atoms with Crippen LogP contribution >= 0.6 is 0 Å². The molecule has 0 aliphatic heterocycles. The molecule has 3 unspecified atom stereocenters. The molecule has 0 saturated heterocycles. The van der Waals surface area contributed by atoms with Crippen LogP contribution in [0.1, 0.15) is 76.7 Å². The van der Waals surface area contributed by atoms with Gasteiger partial charge in [-0.05, 0) is 92.1 Å². The fourth-order valence-corrected chi connectivity index (χ4v) is 8.08. The molecule has 1 heterocycles. The minimum atomic E-state index is -0.849. The molecule has 4 fully saturated rings. The highest BCUT2D eigenvalue weighted by Gasteiger charge is 2.69.